The van der Waals surface area contributed by atoms with Crippen molar-refractivity contribution in [3.63, 3.8) is 0 Å². The normalized spacial score (nSPS) is 10.1. The van der Waals surface area contributed by atoms with Gasteiger partial charge in [0.2, 0.25) is 5.91 Å². The van der Waals surface area contributed by atoms with Crippen LogP contribution in [0.4, 0.5) is 11.6 Å². The van der Waals surface area contributed by atoms with Crippen LogP contribution in [0.15, 0.2) is 42.5 Å². The van der Waals surface area contributed by atoms with Crippen LogP contribution in [0, 0.1) is 0 Å². The number of rotatable bonds is 6. The number of hydrogen-bond donors (Lipinski definition) is 2. The number of anilines is 2. The number of carbonyl (C=O) groups excluding carboxylic acids is 1. The summed E-state index contributed by atoms with van der Waals surface area (Å²) in [6, 6.07) is 13.6. The van der Waals surface area contributed by atoms with Crippen LogP contribution in [-0.4, -0.2) is 16.1 Å². The number of benzene rings is 1. The highest BCUT2D eigenvalue weighted by Crippen LogP contribution is 2.08. The Bertz CT molecular complexity index is 540. The Morgan fingerprint density at radius 3 is 2.40 bits per heavy atom. The van der Waals surface area contributed by atoms with Crippen molar-refractivity contribution in [1.29, 1.82) is 0 Å². The summed E-state index contributed by atoms with van der Waals surface area (Å²) in [7, 11) is 0. The molecule has 1 heterocycles. The third-order valence-electron chi connectivity index (χ3n) is 2.73. The van der Waals surface area contributed by atoms with Gasteiger partial charge in [0.05, 0.1) is 0 Å². The third-order valence-corrected chi connectivity index (χ3v) is 2.73. The summed E-state index contributed by atoms with van der Waals surface area (Å²) in [5.41, 5.74) is 1.18. The fourth-order valence-corrected chi connectivity index (χ4v) is 1.71. The molecule has 1 aromatic heterocycles. The minimum atomic E-state index is -0.0354. The average molecular weight is 270 g/mol. The Hall–Kier alpha value is -2.43. The van der Waals surface area contributed by atoms with Crippen molar-refractivity contribution in [1.82, 2.24) is 10.2 Å². The molecule has 0 saturated carbocycles. The van der Waals surface area contributed by atoms with Gasteiger partial charge in [0, 0.05) is 13.0 Å². The Kier molecular flexibility index (Phi) is 5.06. The van der Waals surface area contributed by atoms with Gasteiger partial charge in [0.15, 0.2) is 5.82 Å². The standard InChI is InChI=1S/C15H18N4O/c1-2-6-15(20)17-14-10-9-13(18-19-14)16-11-12-7-4-3-5-8-12/h3-5,7-10H,2,6,11H2,1H3,(H,16,18)(H,17,19,20). The van der Waals surface area contributed by atoms with Crippen molar-refractivity contribution in [2.75, 3.05) is 10.6 Å². The van der Waals surface area contributed by atoms with Crippen molar-refractivity contribution >= 4 is 17.5 Å². The maximum atomic E-state index is 11.4. The predicted molar refractivity (Wildman–Crippen MR) is 79.3 cm³/mol. The van der Waals surface area contributed by atoms with Crippen LogP contribution in [0.2, 0.25) is 0 Å². The van der Waals surface area contributed by atoms with Gasteiger partial charge in [0.1, 0.15) is 5.82 Å². The largest absolute Gasteiger partial charge is 0.365 e. The third kappa shape index (κ3) is 4.35. The molecular weight excluding hydrogens is 252 g/mol. The van der Waals surface area contributed by atoms with E-state index in [0.29, 0.717) is 24.6 Å². The summed E-state index contributed by atoms with van der Waals surface area (Å²) in [5.74, 6) is 1.13. The molecule has 5 heteroatoms. The molecule has 0 radical (unpaired) electrons. The Balaban J connectivity index is 1.87. The fraction of sp³-hybridized carbons (Fsp3) is 0.267. The van der Waals surface area contributed by atoms with Gasteiger partial charge in [-0.3, -0.25) is 4.79 Å². The van der Waals surface area contributed by atoms with E-state index in [9.17, 15) is 4.79 Å². The quantitative estimate of drug-likeness (QED) is 0.847. The van der Waals surface area contributed by atoms with Crippen molar-refractivity contribution in [2.45, 2.75) is 26.3 Å². The molecule has 1 amide bonds. The molecule has 0 spiro atoms. The maximum Gasteiger partial charge on any atom is 0.225 e. The zero-order valence-corrected chi connectivity index (χ0v) is 11.5. The SMILES string of the molecule is CCCC(=O)Nc1ccc(NCc2ccccc2)nn1. The van der Waals surface area contributed by atoms with E-state index in [1.165, 1.54) is 5.56 Å². The summed E-state index contributed by atoms with van der Waals surface area (Å²) in [6.45, 7) is 2.65. The summed E-state index contributed by atoms with van der Waals surface area (Å²) in [4.78, 5) is 11.4. The van der Waals surface area contributed by atoms with E-state index in [1.54, 1.807) is 12.1 Å². The van der Waals surface area contributed by atoms with Crippen molar-refractivity contribution < 1.29 is 4.79 Å². The lowest BCUT2D eigenvalue weighted by molar-refractivity contribution is -0.116. The highest BCUT2D eigenvalue weighted by Gasteiger charge is 2.02. The monoisotopic (exact) mass is 270 g/mol. The van der Waals surface area contributed by atoms with E-state index < -0.39 is 0 Å². The van der Waals surface area contributed by atoms with Gasteiger partial charge >= 0.3 is 0 Å². The van der Waals surface area contributed by atoms with Gasteiger partial charge in [0.25, 0.3) is 0 Å². The summed E-state index contributed by atoms with van der Waals surface area (Å²) in [6.07, 6.45) is 1.31. The molecule has 20 heavy (non-hydrogen) atoms. The first-order chi connectivity index (χ1) is 9.78. The highest BCUT2D eigenvalue weighted by molar-refractivity contribution is 5.89. The number of amides is 1. The maximum absolute atomic E-state index is 11.4. The molecule has 0 aliphatic carbocycles. The molecule has 0 bridgehead atoms. The van der Waals surface area contributed by atoms with Gasteiger partial charge in [-0.15, -0.1) is 10.2 Å². The number of hydrogen-bond acceptors (Lipinski definition) is 4. The number of aromatic nitrogens is 2. The van der Waals surface area contributed by atoms with E-state index in [0.717, 1.165) is 6.42 Å². The molecule has 0 unspecified atom stereocenters. The van der Waals surface area contributed by atoms with Gasteiger partial charge < -0.3 is 10.6 Å². The minimum absolute atomic E-state index is 0.0354. The molecule has 0 aliphatic heterocycles. The Morgan fingerprint density at radius 2 is 1.75 bits per heavy atom. The van der Waals surface area contributed by atoms with Gasteiger partial charge in [-0.2, -0.15) is 0 Å². The van der Waals surface area contributed by atoms with E-state index >= 15 is 0 Å². The molecule has 2 rings (SSSR count). The van der Waals surface area contributed by atoms with Crippen LogP contribution in [0.3, 0.4) is 0 Å². The first-order valence-electron chi connectivity index (χ1n) is 6.69. The molecule has 0 aliphatic rings. The molecule has 2 N–H and O–H groups in total. The second-order valence-electron chi connectivity index (χ2n) is 4.44. The summed E-state index contributed by atoms with van der Waals surface area (Å²) < 4.78 is 0. The number of carbonyl (C=O) groups is 1. The van der Waals surface area contributed by atoms with Gasteiger partial charge in [-0.05, 0) is 24.1 Å². The zero-order chi connectivity index (χ0) is 14.2. The van der Waals surface area contributed by atoms with Crippen LogP contribution in [0.25, 0.3) is 0 Å². The molecule has 0 saturated heterocycles. The molecule has 2 aromatic rings. The second-order valence-corrected chi connectivity index (χ2v) is 4.44. The van der Waals surface area contributed by atoms with E-state index in [2.05, 4.69) is 20.8 Å². The smallest absolute Gasteiger partial charge is 0.225 e. The second kappa shape index (κ2) is 7.23. The molecule has 0 fully saturated rings. The van der Waals surface area contributed by atoms with E-state index in [4.69, 9.17) is 0 Å². The lowest BCUT2D eigenvalue weighted by Crippen LogP contribution is -2.12. The lowest BCUT2D eigenvalue weighted by Gasteiger charge is -2.06. The van der Waals surface area contributed by atoms with Crippen molar-refractivity contribution in [3.05, 3.63) is 48.0 Å². The Morgan fingerprint density at radius 1 is 1.05 bits per heavy atom. The van der Waals surface area contributed by atoms with Crippen LogP contribution < -0.4 is 10.6 Å². The predicted octanol–water partition coefficient (Wildman–Crippen LogP) is 2.83. The Labute approximate surface area is 118 Å². The van der Waals surface area contributed by atoms with Crippen molar-refractivity contribution in [2.24, 2.45) is 0 Å². The van der Waals surface area contributed by atoms with E-state index in [1.807, 2.05) is 37.3 Å². The first-order valence-corrected chi connectivity index (χ1v) is 6.69. The molecule has 5 nitrogen and oxygen atoms in total. The van der Waals surface area contributed by atoms with Crippen molar-refractivity contribution in [3.8, 4) is 0 Å². The average Bonchev–Trinajstić information content (AvgIpc) is 2.48. The summed E-state index contributed by atoms with van der Waals surface area (Å²) in [5, 5.41) is 13.9. The van der Waals surface area contributed by atoms with Crippen LogP contribution in [-0.2, 0) is 11.3 Å². The molecule has 1 aromatic carbocycles. The van der Waals surface area contributed by atoms with Gasteiger partial charge in [-0.25, -0.2) is 0 Å². The topological polar surface area (TPSA) is 66.9 Å². The number of nitrogens with one attached hydrogen (secondary N) is 2. The molecule has 0 atom stereocenters. The minimum Gasteiger partial charge on any atom is -0.365 e. The molecular formula is C15H18N4O. The lowest BCUT2D eigenvalue weighted by atomic mass is 10.2. The first kappa shape index (κ1) is 14.0. The van der Waals surface area contributed by atoms with E-state index in [-0.39, 0.29) is 5.91 Å². The van der Waals surface area contributed by atoms with Crippen LogP contribution in [0.1, 0.15) is 25.3 Å². The summed E-state index contributed by atoms with van der Waals surface area (Å²) >= 11 is 0. The zero-order valence-electron chi connectivity index (χ0n) is 11.5. The van der Waals surface area contributed by atoms with Crippen LogP contribution >= 0.6 is 0 Å². The van der Waals surface area contributed by atoms with Gasteiger partial charge in [-0.1, -0.05) is 37.3 Å². The number of nitrogens with zero attached hydrogens (tertiary/aromatic N) is 2. The fourth-order valence-electron chi connectivity index (χ4n) is 1.71. The molecule has 104 valence electrons. The van der Waals surface area contributed by atoms with Crippen LogP contribution in [0.5, 0.6) is 0 Å². The highest BCUT2D eigenvalue weighted by atomic mass is 16.1.